The summed E-state index contributed by atoms with van der Waals surface area (Å²) in [5, 5.41) is 1.09. The molecular weight excluding hydrogens is 234 g/mol. The minimum atomic E-state index is 0.438. The highest BCUT2D eigenvalue weighted by Crippen LogP contribution is 2.21. The molecule has 0 aliphatic rings. The van der Waals surface area contributed by atoms with Gasteiger partial charge in [0.05, 0.1) is 11.2 Å². The molecule has 3 rings (SSSR count). The van der Waals surface area contributed by atoms with Gasteiger partial charge in [-0.2, -0.15) is 0 Å². The van der Waals surface area contributed by atoms with E-state index in [1.807, 2.05) is 54.6 Å². The molecule has 0 unspecified atom stereocenters. The molecule has 0 spiro atoms. The van der Waals surface area contributed by atoms with Crippen LogP contribution in [-0.4, -0.2) is 11.3 Å². The van der Waals surface area contributed by atoms with E-state index in [0.717, 1.165) is 34.0 Å². The van der Waals surface area contributed by atoms with Crippen LogP contribution in [0.3, 0.4) is 0 Å². The molecule has 0 atom stereocenters. The van der Waals surface area contributed by atoms with E-state index in [4.69, 9.17) is 0 Å². The normalized spacial score (nSPS) is 10.5. The Balaban J connectivity index is 2.11. The first-order valence-electron chi connectivity index (χ1n) is 6.25. The SMILES string of the molecule is O=CCc1ccc2ccc(-c3ccccc3)nc2c1. The third kappa shape index (κ3) is 2.38. The van der Waals surface area contributed by atoms with Crippen molar-refractivity contribution in [3.8, 4) is 11.3 Å². The number of nitrogens with zero attached hydrogens (tertiary/aromatic N) is 1. The van der Waals surface area contributed by atoms with E-state index >= 15 is 0 Å². The summed E-state index contributed by atoms with van der Waals surface area (Å²) in [5.41, 5.74) is 3.99. The second kappa shape index (κ2) is 5.02. The highest BCUT2D eigenvalue weighted by atomic mass is 16.1. The summed E-state index contributed by atoms with van der Waals surface area (Å²) in [6.07, 6.45) is 1.36. The molecule has 2 aromatic carbocycles. The molecule has 0 amide bonds. The minimum Gasteiger partial charge on any atom is -0.303 e. The molecule has 0 radical (unpaired) electrons. The number of pyridine rings is 1. The summed E-state index contributed by atoms with van der Waals surface area (Å²) in [7, 11) is 0. The van der Waals surface area contributed by atoms with E-state index in [1.165, 1.54) is 0 Å². The van der Waals surface area contributed by atoms with Gasteiger partial charge < -0.3 is 4.79 Å². The lowest BCUT2D eigenvalue weighted by atomic mass is 10.1. The van der Waals surface area contributed by atoms with Crippen molar-refractivity contribution in [2.24, 2.45) is 0 Å². The number of rotatable bonds is 3. The van der Waals surface area contributed by atoms with Crippen molar-refractivity contribution in [3.05, 3.63) is 66.2 Å². The number of benzene rings is 2. The van der Waals surface area contributed by atoms with Crippen molar-refractivity contribution < 1.29 is 4.79 Å². The molecule has 2 nitrogen and oxygen atoms in total. The van der Waals surface area contributed by atoms with Crippen molar-refractivity contribution in [2.45, 2.75) is 6.42 Å². The maximum Gasteiger partial charge on any atom is 0.124 e. The van der Waals surface area contributed by atoms with Crippen molar-refractivity contribution in [3.63, 3.8) is 0 Å². The van der Waals surface area contributed by atoms with Crippen LogP contribution in [0.1, 0.15) is 5.56 Å². The van der Waals surface area contributed by atoms with Gasteiger partial charge in [-0.1, -0.05) is 48.5 Å². The second-order valence-electron chi connectivity index (χ2n) is 4.46. The summed E-state index contributed by atoms with van der Waals surface area (Å²) in [6.45, 7) is 0. The molecule has 1 aromatic heterocycles. The second-order valence-corrected chi connectivity index (χ2v) is 4.46. The van der Waals surface area contributed by atoms with Crippen molar-refractivity contribution in [1.82, 2.24) is 4.98 Å². The van der Waals surface area contributed by atoms with Gasteiger partial charge in [-0.15, -0.1) is 0 Å². The third-order valence-corrected chi connectivity index (χ3v) is 3.15. The van der Waals surface area contributed by atoms with E-state index < -0.39 is 0 Å². The number of hydrogen-bond acceptors (Lipinski definition) is 2. The van der Waals surface area contributed by atoms with Gasteiger partial charge in [0, 0.05) is 17.4 Å². The molecule has 0 saturated heterocycles. The fourth-order valence-electron chi connectivity index (χ4n) is 2.16. The average Bonchev–Trinajstić information content (AvgIpc) is 2.48. The summed E-state index contributed by atoms with van der Waals surface area (Å²) in [6, 6.07) is 20.1. The zero-order valence-electron chi connectivity index (χ0n) is 10.4. The minimum absolute atomic E-state index is 0.438. The number of carbonyl (C=O) groups is 1. The number of carbonyl (C=O) groups excluding carboxylic acids is 1. The van der Waals surface area contributed by atoms with Gasteiger partial charge in [0.2, 0.25) is 0 Å². The van der Waals surface area contributed by atoms with Crippen LogP contribution in [0.15, 0.2) is 60.7 Å². The standard InChI is InChI=1S/C17H13NO/c19-11-10-13-6-7-15-8-9-16(18-17(15)12-13)14-4-2-1-3-5-14/h1-9,11-12H,10H2. The Labute approximate surface area is 111 Å². The van der Waals surface area contributed by atoms with Gasteiger partial charge >= 0.3 is 0 Å². The molecule has 1 heterocycles. The van der Waals surface area contributed by atoms with Crippen molar-refractivity contribution in [1.29, 1.82) is 0 Å². The first kappa shape index (κ1) is 11.6. The molecule has 3 aromatic rings. The topological polar surface area (TPSA) is 30.0 Å². The Morgan fingerprint density at radius 3 is 2.53 bits per heavy atom. The van der Waals surface area contributed by atoms with Gasteiger partial charge in [-0.25, -0.2) is 4.98 Å². The van der Waals surface area contributed by atoms with Gasteiger partial charge in [0.25, 0.3) is 0 Å². The lowest BCUT2D eigenvalue weighted by molar-refractivity contribution is -0.107. The highest BCUT2D eigenvalue weighted by Gasteiger charge is 2.02. The molecule has 0 fully saturated rings. The predicted molar refractivity (Wildman–Crippen MR) is 76.9 cm³/mol. The number of fused-ring (bicyclic) bond motifs is 1. The molecule has 92 valence electrons. The predicted octanol–water partition coefficient (Wildman–Crippen LogP) is 3.64. The van der Waals surface area contributed by atoms with Gasteiger partial charge in [0.15, 0.2) is 0 Å². The Morgan fingerprint density at radius 1 is 0.947 bits per heavy atom. The Hall–Kier alpha value is -2.48. The summed E-state index contributed by atoms with van der Waals surface area (Å²) >= 11 is 0. The third-order valence-electron chi connectivity index (χ3n) is 3.15. The van der Waals surface area contributed by atoms with Crippen LogP contribution < -0.4 is 0 Å². The lowest BCUT2D eigenvalue weighted by Crippen LogP contribution is -1.89. The van der Waals surface area contributed by atoms with E-state index in [1.54, 1.807) is 0 Å². The first-order valence-corrected chi connectivity index (χ1v) is 6.25. The van der Waals surface area contributed by atoms with Crippen LogP contribution in [0.2, 0.25) is 0 Å². The molecule has 0 bridgehead atoms. The summed E-state index contributed by atoms with van der Waals surface area (Å²) in [4.78, 5) is 15.3. The Morgan fingerprint density at radius 2 is 1.74 bits per heavy atom. The molecule has 0 saturated carbocycles. The van der Waals surface area contributed by atoms with Crippen molar-refractivity contribution >= 4 is 17.2 Å². The van der Waals surface area contributed by atoms with E-state index in [0.29, 0.717) is 6.42 Å². The van der Waals surface area contributed by atoms with E-state index in [2.05, 4.69) is 11.1 Å². The van der Waals surface area contributed by atoms with Crippen LogP contribution in [-0.2, 0) is 11.2 Å². The molecule has 2 heteroatoms. The van der Waals surface area contributed by atoms with Gasteiger partial charge in [0.1, 0.15) is 6.29 Å². The molecule has 0 aliphatic heterocycles. The zero-order valence-corrected chi connectivity index (χ0v) is 10.4. The van der Waals surface area contributed by atoms with Crippen LogP contribution >= 0.6 is 0 Å². The summed E-state index contributed by atoms with van der Waals surface area (Å²) < 4.78 is 0. The summed E-state index contributed by atoms with van der Waals surface area (Å²) in [5.74, 6) is 0. The first-order chi connectivity index (χ1) is 9.36. The molecule has 19 heavy (non-hydrogen) atoms. The Bertz CT molecular complexity index is 720. The molecule has 0 N–H and O–H groups in total. The highest BCUT2D eigenvalue weighted by molar-refractivity contribution is 5.82. The largest absolute Gasteiger partial charge is 0.303 e. The van der Waals surface area contributed by atoms with Gasteiger partial charge in [-0.05, 0) is 17.7 Å². The maximum absolute atomic E-state index is 10.6. The van der Waals surface area contributed by atoms with Crippen LogP contribution in [0.4, 0.5) is 0 Å². The van der Waals surface area contributed by atoms with Crippen LogP contribution in [0.25, 0.3) is 22.2 Å². The van der Waals surface area contributed by atoms with Crippen LogP contribution in [0, 0.1) is 0 Å². The number of hydrogen-bond donors (Lipinski definition) is 0. The molecule has 0 aliphatic carbocycles. The monoisotopic (exact) mass is 247 g/mol. The quantitative estimate of drug-likeness (QED) is 0.661. The number of aldehydes is 1. The maximum atomic E-state index is 10.6. The Kier molecular flexibility index (Phi) is 3.07. The fraction of sp³-hybridized carbons (Fsp3) is 0.0588. The zero-order chi connectivity index (χ0) is 13.1. The fourth-order valence-corrected chi connectivity index (χ4v) is 2.16. The van der Waals surface area contributed by atoms with E-state index in [9.17, 15) is 4.79 Å². The lowest BCUT2D eigenvalue weighted by Gasteiger charge is -2.04. The van der Waals surface area contributed by atoms with Gasteiger partial charge in [-0.3, -0.25) is 0 Å². The van der Waals surface area contributed by atoms with Crippen LogP contribution in [0.5, 0.6) is 0 Å². The smallest absolute Gasteiger partial charge is 0.124 e. The molecular formula is C17H13NO. The van der Waals surface area contributed by atoms with Crippen molar-refractivity contribution in [2.75, 3.05) is 0 Å². The average molecular weight is 247 g/mol. The number of aromatic nitrogens is 1. The van der Waals surface area contributed by atoms with E-state index in [-0.39, 0.29) is 0 Å².